The molecule has 0 aromatic heterocycles. The van der Waals surface area contributed by atoms with Gasteiger partial charge in [-0.25, -0.2) is 0 Å². The Labute approximate surface area is 106 Å². The predicted molar refractivity (Wildman–Crippen MR) is 68.7 cm³/mol. The van der Waals surface area contributed by atoms with Gasteiger partial charge in [0.05, 0.1) is 19.6 Å². The molecule has 0 N–H and O–H groups in total. The first kappa shape index (κ1) is 13.3. The van der Waals surface area contributed by atoms with Crippen molar-refractivity contribution >= 4 is 0 Å². The number of fused-ring (bicyclic) bond motifs is 3. The van der Waals surface area contributed by atoms with E-state index in [1.165, 1.54) is 56.2 Å². The first-order valence-electron chi connectivity index (χ1n) is 7.16. The standard InChI is InChI=1S/C14H28NO2/c1-4-5-6-9-15-10-7-13(8-11-15)14(12-15,16-2)17-3/h13H,4-12H2,1-3H3/q+1. The van der Waals surface area contributed by atoms with Crippen LogP contribution in [0.3, 0.4) is 0 Å². The van der Waals surface area contributed by atoms with Gasteiger partial charge in [0.25, 0.3) is 0 Å². The van der Waals surface area contributed by atoms with Crippen LogP contribution in [-0.2, 0) is 9.47 Å². The zero-order valence-electron chi connectivity index (χ0n) is 11.7. The summed E-state index contributed by atoms with van der Waals surface area (Å²) in [6, 6.07) is 0. The Kier molecular flexibility index (Phi) is 4.11. The molecule has 17 heavy (non-hydrogen) atoms. The van der Waals surface area contributed by atoms with Gasteiger partial charge in [0.1, 0.15) is 6.54 Å². The number of ether oxygens (including phenoxy) is 2. The smallest absolute Gasteiger partial charge is 0.221 e. The number of nitrogens with zero attached hydrogens (tertiary/aromatic N) is 1. The van der Waals surface area contributed by atoms with E-state index < -0.39 is 0 Å². The minimum atomic E-state index is -0.289. The van der Waals surface area contributed by atoms with Gasteiger partial charge < -0.3 is 14.0 Å². The zero-order valence-corrected chi connectivity index (χ0v) is 11.7. The second-order valence-corrected chi connectivity index (χ2v) is 5.87. The van der Waals surface area contributed by atoms with Gasteiger partial charge in [-0.2, -0.15) is 0 Å². The van der Waals surface area contributed by atoms with E-state index in [9.17, 15) is 0 Å². The summed E-state index contributed by atoms with van der Waals surface area (Å²) < 4.78 is 12.7. The summed E-state index contributed by atoms with van der Waals surface area (Å²) in [5.41, 5.74) is 0. The first-order valence-corrected chi connectivity index (χ1v) is 7.16. The molecule has 0 atom stereocenters. The quantitative estimate of drug-likeness (QED) is 0.404. The van der Waals surface area contributed by atoms with Crippen LogP contribution in [0, 0.1) is 5.92 Å². The van der Waals surface area contributed by atoms with Gasteiger partial charge in [-0.1, -0.05) is 13.3 Å². The third kappa shape index (κ3) is 2.38. The molecule has 100 valence electrons. The van der Waals surface area contributed by atoms with Gasteiger partial charge in [0.2, 0.25) is 5.79 Å². The normalized spacial score (nSPS) is 35.1. The second-order valence-electron chi connectivity index (χ2n) is 5.87. The highest BCUT2D eigenvalue weighted by Gasteiger charge is 2.56. The monoisotopic (exact) mass is 242 g/mol. The minimum Gasteiger partial charge on any atom is -0.348 e. The van der Waals surface area contributed by atoms with Crippen molar-refractivity contribution in [2.75, 3.05) is 40.4 Å². The summed E-state index contributed by atoms with van der Waals surface area (Å²) >= 11 is 0. The Bertz CT molecular complexity index is 243. The summed E-state index contributed by atoms with van der Waals surface area (Å²) in [6.45, 7) is 7.33. The van der Waals surface area contributed by atoms with Crippen LogP contribution >= 0.6 is 0 Å². The molecule has 3 nitrogen and oxygen atoms in total. The SMILES string of the molecule is CCCCC[N+]12CCC(CC1)C(OC)(OC)C2. The van der Waals surface area contributed by atoms with Crippen LogP contribution in [0.5, 0.6) is 0 Å². The number of rotatable bonds is 6. The van der Waals surface area contributed by atoms with Crippen molar-refractivity contribution in [1.82, 2.24) is 0 Å². The highest BCUT2D eigenvalue weighted by atomic mass is 16.7. The molecular formula is C14H28NO2+. The summed E-state index contributed by atoms with van der Waals surface area (Å²) in [5.74, 6) is 0.326. The van der Waals surface area contributed by atoms with Gasteiger partial charge in [0.15, 0.2) is 0 Å². The lowest BCUT2D eigenvalue weighted by Crippen LogP contribution is -2.70. The summed E-state index contributed by atoms with van der Waals surface area (Å²) in [4.78, 5) is 0. The Morgan fingerprint density at radius 2 is 1.76 bits per heavy atom. The third-order valence-corrected chi connectivity index (χ3v) is 5.01. The molecule has 0 radical (unpaired) electrons. The van der Waals surface area contributed by atoms with Crippen molar-refractivity contribution in [3.05, 3.63) is 0 Å². The van der Waals surface area contributed by atoms with Crippen molar-refractivity contribution in [3.8, 4) is 0 Å². The molecular weight excluding hydrogens is 214 g/mol. The van der Waals surface area contributed by atoms with Crippen LogP contribution in [0.4, 0.5) is 0 Å². The second kappa shape index (κ2) is 5.25. The number of quaternary nitrogens is 1. The largest absolute Gasteiger partial charge is 0.348 e. The Morgan fingerprint density at radius 3 is 2.29 bits per heavy atom. The topological polar surface area (TPSA) is 18.5 Å². The Balaban J connectivity index is 2.03. The fraction of sp³-hybridized carbons (Fsp3) is 1.00. The van der Waals surface area contributed by atoms with Crippen LogP contribution in [0.1, 0.15) is 39.0 Å². The molecule has 0 amide bonds. The summed E-state index contributed by atoms with van der Waals surface area (Å²) in [7, 11) is 3.63. The van der Waals surface area contributed by atoms with E-state index in [1.54, 1.807) is 0 Å². The Hall–Kier alpha value is -0.120. The van der Waals surface area contributed by atoms with Crippen LogP contribution in [0.25, 0.3) is 0 Å². The maximum atomic E-state index is 5.76. The minimum absolute atomic E-state index is 0.289. The average molecular weight is 242 g/mol. The maximum Gasteiger partial charge on any atom is 0.221 e. The fourth-order valence-corrected chi connectivity index (χ4v) is 3.86. The molecule has 0 saturated carbocycles. The van der Waals surface area contributed by atoms with Crippen molar-refractivity contribution < 1.29 is 14.0 Å². The van der Waals surface area contributed by atoms with Gasteiger partial charge in [0, 0.05) is 33.0 Å². The van der Waals surface area contributed by atoms with E-state index >= 15 is 0 Å². The van der Waals surface area contributed by atoms with Crippen LogP contribution in [-0.4, -0.2) is 50.7 Å². The molecule has 3 heteroatoms. The number of hydrogen-bond donors (Lipinski definition) is 0. The van der Waals surface area contributed by atoms with Crippen LogP contribution in [0.15, 0.2) is 0 Å². The highest BCUT2D eigenvalue weighted by molar-refractivity contribution is 4.87. The number of unbranched alkanes of at least 4 members (excludes halogenated alkanes) is 2. The van der Waals surface area contributed by atoms with Gasteiger partial charge in [-0.05, 0) is 12.8 Å². The molecule has 3 aliphatic rings. The van der Waals surface area contributed by atoms with E-state index in [0.29, 0.717) is 5.92 Å². The lowest BCUT2D eigenvalue weighted by atomic mass is 9.80. The third-order valence-electron chi connectivity index (χ3n) is 5.01. The van der Waals surface area contributed by atoms with Crippen molar-refractivity contribution in [2.24, 2.45) is 5.92 Å². The van der Waals surface area contributed by atoms with E-state index in [-0.39, 0.29) is 5.79 Å². The van der Waals surface area contributed by atoms with E-state index in [1.807, 2.05) is 14.2 Å². The molecule has 3 aliphatic heterocycles. The van der Waals surface area contributed by atoms with Gasteiger partial charge >= 0.3 is 0 Å². The number of hydrogen-bond acceptors (Lipinski definition) is 2. The van der Waals surface area contributed by atoms with Crippen molar-refractivity contribution in [1.29, 1.82) is 0 Å². The number of piperidine rings is 3. The molecule has 0 unspecified atom stereocenters. The lowest BCUT2D eigenvalue weighted by Gasteiger charge is -2.56. The van der Waals surface area contributed by atoms with Crippen LogP contribution in [0.2, 0.25) is 0 Å². The number of methoxy groups -OCH3 is 2. The highest BCUT2D eigenvalue weighted by Crippen LogP contribution is 2.42. The van der Waals surface area contributed by atoms with Crippen molar-refractivity contribution in [2.45, 2.75) is 44.8 Å². The van der Waals surface area contributed by atoms with Gasteiger partial charge in [-0.3, -0.25) is 0 Å². The molecule has 2 bridgehead atoms. The van der Waals surface area contributed by atoms with Crippen LogP contribution < -0.4 is 0 Å². The summed E-state index contributed by atoms with van der Waals surface area (Å²) in [6.07, 6.45) is 6.56. The molecule has 3 fully saturated rings. The van der Waals surface area contributed by atoms with Gasteiger partial charge in [-0.15, -0.1) is 0 Å². The van der Waals surface area contributed by atoms with E-state index in [0.717, 1.165) is 6.54 Å². The molecule has 3 rings (SSSR count). The first-order chi connectivity index (χ1) is 8.20. The maximum absolute atomic E-state index is 5.76. The lowest BCUT2D eigenvalue weighted by molar-refractivity contribution is -0.955. The van der Waals surface area contributed by atoms with Crippen molar-refractivity contribution in [3.63, 3.8) is 0 Å². The molecule has 3 saturated heterocycles. The molecule has 3 heterocycles. The fourth-order valence-electron chi connectivity index (χ4n) is 3.86. The summed E-state index contributed by atoms with van der Waals surface area (Å²) in [5, 5.41) is 0. The molecule has 0 aliphatic carbocycles. The predicted octanol–water partition coefficient (Wildman–Crippen LogP) is 2.41. The van der Waals surface area contributed by atoms with E-state index in [4.69, 9.17) is 9.47 Å². The molecule has 0 aromatic rings. The van der Waals surface area contributed by atoms with E-state index in [2.05, 4.69) is 6.92 Å². The zero-order chi connectivity index (χ0) is 12.4. The average Bonchev–Trinajstić information content (AvgIpc) is 2.40. The Morgan fingerprint density at radius 1 is 1.12 bits per heavy atom. The molecule has 0 aromatic carbocycles. The molecule has 0 spiro atoms.